The number of carbonyl (C=O) groups excluding carboxylic acids is 2. The first kappa shape index (κ1) is 33.9. The van der Waals surface area contributed by atoms with Crippen molar-refractivity contribution >= 4 is 11.9 Å². The second kappa shape index (κ2) is 16.4. The van der Waals surface area contributed by atoms with Crippen LogP contribution in [0.2, 0.25) is 0 Å². The molecule has 1 aromatic heterocycles. The van der Waals surface area contributed by atoms with Gasteiger partial charge in [-0.05, 0) is 53.9 Å². The molecule has 5 rings (SSSR count). The second-order valence-corrected chi connectivity index (χ2v) is 11.9. The van der Waals surface area contributed by atoms with Crippen LogP contribution in [-0.2, 0) is 43.4 Å². The molecule has 4 aromatic rings. The van der Waals surface area contributed by atoms with E-state index in [0.717, 1.165) is 58.6 Å². The van der Waals surface area contributed by atoms with E-state index in [1.807, 2.05) is 97.2 Å². The lowest BCUT2D eigenvalue weighted by atomic mass is 9.97. The molecule has 246 valence electrons. The van der Waals surface area contributed by atoms with Gasteiger partial charge in [0.1, 0.15) is 0 Å². The smallest absolute Gasteiger partial charge is 0.303 e. The van der Waals surface area contributed by atoms with Crippen LogP contribution < -0.4 is 5.32 Å². The second-order valence-electron chi connectivity index (χ2n) is 11.9. The van der Waals surface area contributed by atoms with Crippen molar-refractivity contribution in [2.75, 3.05) is 20.1 Å². The number of aliphatic hydroxyl groups excluding tert-OH is 1. The Balaban J connectivity index is 1.30. The molecule has 0 spiro atoms. The monoisotopic (exact) mass is 637 g/mol. The number of ether oxygens (including phenoxy) is 3. The highest BCUT2D eigenvalue weighted by Gasteiger charge is 2.33. The number of amides is 1. The van der Waals surface area contributed by atoms with Gasteiger partial charge in [0.2, 0.25) is 0 Å². The van der Waals surface area contributed by atoms with Gasteiger partial charge in [-0.15, -0.1) is 0 Å². The highest BCUT2D eigenvalue weighted by molar-refractivity contribution is 5.83. The van der Waals surface area contributed by atoms with Gasteiger partial charge in [0, 0.05) is 56.9 Å². The van der Waals surface area contributed by atoms with E-state index in [1.165, 1.54) is 6.92 Å². The molecule has 1 aliphatic rings. The predicted molar refractivity (Wildman–Crippen MR) is 179 cm³/mol. The third-order valence-corrected chi connectivity index (χ3v) is 8.28. The minimum atomic E-state index is -0.865. The fourth-order valence-electron chi connectivity index (χ4n) is 5.73. The Morgan fingerprint density at radius 2 is 1.70 bits per heavy atom. The van der Waals surface area contributed by atoms with Gasteiger partial charge < -0.3 is 29.5 Å². The first-order valence-corrected chi connectivity index (χ1v) is 16.0. The Hall–Kier alpha value is -4.41. The lowest BCUT2D eigenvalue weighted by Gasteiger charge is -2.38. The summed E-state index contributed by atoms with van der Waals surface area (Å²) in [4.78, 5) is 30.4. The number of nitrogens with zero attached hydrogens (tertiary/aromatic N) is 2. The van der Waals surface area contributed by atoms with Crippen molar-refractivity contribution in [3.63, 3.8) is 0 Å². The summed E-state index contributed by atoms with van der Waals surface area (Å²) >= 11 is 0. The molecule has 1 fully saturated rings. The molecule has 2 heterocycles. The molecular weight excluding hydrogens is 594 g/mol. The molecule has 4 atom stereocenters. The number of nitrogens with one attached hydrogen (secondary N) is 1. The Morgan fingerprint density at radius 3 is 2.40 bits per heavy atom. The van der Waals surface area contributed by atoms with Crippen LogP contribution in [0.1, 0.15) is 60.6 Å². The average Bonchev–Trinajstić information content (AvgIpc) is 3.10. The molecule has 0 aliphatic carbocycles. The normalized spacial score (nSPS) is 18.4. The average molecular weight is 638 g/mol. The van der Waals surface area contributed by atoms with E-state index in [9.17, 15) is 14.7 Å². The number of hydrogen-bond donors (Lipinski definition) is 2. The van der Waals surface area contributed by atoms with Gasteiger partial charge in [0.05, 0.1) is 18.8 Å². The molecule has 1 aliphatic heterocycles. The lowest BCUT2D eigenvalue weighted by molar-refractivity contribution is -0.252. The van der Waals surface area contributed by atoms with Crippen LogP contribution in [0.5, 0.6) is 0 Å². The standard InChI is InChI=1S/C38H43N3O6/c1-26(45-27(2)43)37(44)40-23-32-8-4-5-10-35(32)29-15-17-31(18-16-29)38-46-34(24-41(3)21-19-33-9-6-7-20-39-33)22-36(47-38)30-13-11-28(25-42)12-14-30/h4-18,20,26,34,36,38,42H,19,21-25H2,1-3H3,(H,40,44)/t26-,34+,36-,38-/m0/s1. The summed E-state index contributed by atoms with van der Waals surface area (Å²) in [6, 6.07) is 29.9. The minimum Gasteiger partial charge on any atom is -0.453 e. The van der Waals surface area contributed by atoms with E-state index in [0.29, 0.717) is 13.0 Å². The maximum absolute atomic E-state index is 12.4. The topological polar surface area (TPSA) is 110 Å². The first-order valence-electron chi connectivity index (χ1n) is 16.0. The van der Waals surface area contributed by atoms with Gasteiger partial charge >= 0.3 is 5.97 Å². The number of carbonyl (C=O) groups is 2. The molecule has 0 saturated carbocycles. The Kier molecular flexibility index (Phi) is 11.9. The van der Waals surface area contributed by atoms with Gasteiger partial charge in [-0.25, -0.2) is 0 Å². The maximum atomic E-state index is 12.4. The lowest BCUT2D eigenvalue weighted by Crippen LogP contribution is -2.38. The van der Waals surface area contributed by atoms with Gasteiger partial charge in [0.15, 0.2) is 12.4 Å². The van der Waals surface area contributed by atoms with Crippen LogP contribution in [0, 0.1) is 0 Å². The number of aromatic nitrogens is 1. The third-order valence-electron chi connectivity index (χ3n) is 8.28. The van der Waals surface area contributed by atoms with Crippen LogP contribution in [0.3, 0.4) is 0 Å². The first-order chi connectivity index (χ1) is 22.8. The molecule has 9 nitrogen and oxygen atoms in total. The zero-order valence-electron chi connectivity index (χ0n) is 27.2. The summed E-state index contributed by atoms with van der Waals surface area (Å²) in [5, 5.41) is 12.4. The van der Waals surface area contributed by atoms with E-state index in [4.69, 9.17) is 14.2 Å². The molecule has 3 aromatic carbocycles. The van der Waals surface area contributed by atoms with Crippen molar-refractivity contribution in [2.45, 2.75) is 64.4 Å². The molecule has 1 amide bonds. The SMILES string of the molecule is CC(=O)O[C@@H](C)C(=O)NCc1ccccc1-c1ccc([C@H]2O[C@@H](CN(C)CCc3ccccn3)C[C@@H](c3ccc(CO)cc3)O2)cc1. The number of pyridine rings is 1. The van der Waals surface area contributed by atoms with Crippen molar-refractivity contribution in [2.24, 2.45) is 0 Å². The largest absolute Gasteiger partial charge is 0.453 e. The number of esters is 1. The van der Waals surface area contributed by atoms with Crippen molar-refractivity contribution < 1.29 is 28.9 Å². The molecule has 2 N–H and O–H groups in total. The number of likely N-dealkylation sites (N-methyl/N-ethyl adjacent to an activating group) is 1. The number of hydrogen-bond acceptors (Lipinski definition) is 8. The number of aliphatic hydroxyl groups is 1. The van der Waals surface area contributed by atoms with E-state index in [1.54, 1.807) is 6.92 Å². The maximum Gasteiger partial charge on any atom is 0.303 e. The van der Waals surface area contributed by atoms with Crippen molar-refractivity contribution in [1.29, 1.82) is 0 Å². The van der Waals surface area contributed by atoms with E-state index in [2.05, 4.69) is 22.2 Å². The summed E-state index contributed by atoms with van der Waals surface area (Å²) < 4.78 is 18.1. The highest BCUT2D eigenvalue weighted by Crippen LogP contribution is 2.38. The highest BCUT2D eigenvalue weighted by atomic mass is 16.7. The van der Waals surface area contributed by atoms with Gasteiger partial charge in [-0.3, -0.25) is 14.6 Å². The predicted octanol–water partition coefficient (Wildman–Crippen LogP) is 5.53. The van der Waals surface area contributed by atoms with Crippen LogP contribution in [0.15, 0.2) is 97.2 Å². The van der Waals surface area contributed by atoms with Crippen LogP contribution in [-0.4, -0.2) is 59.2 Å². The number of benzene rings is 3. The minimum absolute atomic E-state index is 0.00349. The molecular formula is C38H43N3O6. The van der Waals surface area contributed by atoms with Crippen molar-refractivity contribution in [3.8, 4) is 11.1 Å². The molecule has 0 radical (unpaired) electrons. The Labute approximate surface area is 276 Å². The summed E-state index contributed by atoms with van der Waals surface area (Å²) in [5.41, 5.74) is 6.79. The molecule has 1 saturated heterocycles. The van der Waals surface area contributed by atoms with Gasteiger partial charge in [0.25, 0.3) is 5.91 Å². The third kappa shape index (κ3) is 9.56. The summed E-state index contributed by atoms with van der Waals surface area (Å²) in [6.07, 6.45) is 1.72. The number of rotatable bonds is 13. The molecule has 0 bridgehead atoms. The molecule has 47 heavy (non-hydrogen) atoms. The molecule has 9 heteroatoms. The van der Waals surface area contributed by atoms with Crippen LogP contribution in [0.4, 0.5) is 0 Å². The zero-order valence-corrected chi connectivity index (χ0v) is 27.2. The van der Waals surface area contributed by atoms with E-state index >= 15 is 0 Å². The Morgan fingerprint density at radius 1 is 0.979 bits per heavy atom. The van der Waals surface area contributed by atoms with Crippen molar-refractivity contribution in [1.82, 2.24) is 15.2 Å². The van der Waals surface area contributed by atoms with Crippen LogP contribution >= 0.6 is 0 Å². The summed E-state index contributed by atoms with van der Waals surface area (Å²) in [5.74, 6) is -0.849. The molecule has 0 unspecified atom stereocenters. The van der Waals surface area contributed by atoms with Gasteiger partial charge in [-0.1, -0.05) is 78.9 Å². The fraction of sp³-hybridized carbons (Fsp3) is 0.342. The summed E-state index contributed by atoms with van der Waals surface area (Å²) in [6.45, 7) is 4.72. The van der Waals surface area contributed by atoms with E-state index < -0.39 is 18.4 Å². The Bertz CT molecular complexity index is 1600. The zero-order chi connectivity index (χ0) is 33.2. The van der Waals surface area contributed by atoms with E-state index in [-0.39, 0.29) is 24.7 Å². The van der Waals surface area contributed by atoms with Gasteiger partial charge in [-0.2, -0.15) is 0 Å². The quantitative estimate of drug-likeness (QED) is 0.184. The van der Waals surface area contributed by atoms with Crippen LogP contribution in [0.25, 0.3) is 11.1 Å². The fourth-order valence-corrected chi connectivity index (χ4v) is 5.73. The van der Waals surface area contributed by atoms with Crippen molar-refractivity contribution in [3.05, 3.63) is 125 Å². The summed E-state index contributed by atoms with van der Waals surface area (Å²) in [7, 11) is 2.10.